The molecule has 0 aliphatic heterocycles. The summed E-state index contributed by atoms with van der Waals surface area (Å²) in [5.74, 6) is 0.478. The Morgan fingerprint density at radius 3 is 2.70 bits per heavy atom. The number of aliphatic hydroxyl groups excluding tert-OH is 1. The predicted molar refractivity (Wildman–Crippen MR) is 90.0 cm³/mol. The van der Waals surface area contributed by atoms with Crippen LogP contribution in [0.1, 0.15) is 58.9 Å². The summed E-state index contributed by atoms with van der Waals surface area (Å²) in [6.45, 7) is 8.56. The number of hydrogen-bond donors (Lipinski definition) is 1. The fourth-order valence-electron chi connectivity index (χ4n) is 5.00. The highest BCUT2D eigenvalue weighted by Crippen LogP contribution is 2.59. The molecule has 1 aromatic rings. The van der Waals surface area contributed by atoms with Gasteiger partial charge in [-0.3, -0.25) is 4.79 Å². The summed E-state index contributed by atoms with van der Waals surface area (Å²) in [6, 6.07) is 1.99. The Hall–Kier alpha value is -1.35. The monoisotopic (exact) mass is 316 g/mol. The first-order valence-electron chi connectivity index (χ1n) is 8.69. The van der Waals surface area contributed by atoms with Gasteiger partial charge in [0.25, 0.3) is 0 Å². The molecular formula is C20H28O3. The number of aryl methyl sites for hydroxylation is 1. The third-order valence-corrected chi connectivity index (χ3v) is 6.66. The van der Waals surface area contributed by atoms with Crippen molar-refractivity contribution in [3.63, 3.8) is 0 Å². The van der Waals surface area contributed by atoms with Crippen molar-refractivity contribution in [1.82, 2.24) is 0 Å². The highest BCUT2D eigenvalue weighted by molar-refractivity contribution is 5.97. The molecule has 0 bridgehead atoms. The predicted octanol–water partition coefficient (Wildman–Crippen LogP) is 4.30. The minimum absolute atomic E-state index is 0.0183. The molecule has 1 N–H and O–H groups in total. The van der Waals surface area contributed by atoms with Crippen LogP contribution in [0.15, 0.2) is 34.2 Å². The van der Waals surface area contributed by atoms with Gasteiger partial charge in [0.05, 0.1) is 18.6 Å². The molecule has 1 aromatic heterocycles. The Bertz CT molecular complexity index is 623. The van der Waals surface area contributed by atoms with Crippen molar-refractivity contribution in [3.05, 3.63) is 35.3 Å². The zero-order valence-corrected chi connectivity index (χ0v) is 14.7. The SMILES string of the molecule is CC1=C(CCc2ccoc2)[C@@]2(C)CC[C@@H](O)C(C)(C)C2CC1=O. The normalized spacial score (nSPS) is 33.7. The number of hydrogen-bond acceptors (Lipinski definition) is 3. The summed E-state index contributed by atoms with van der Waals surface area (Å²) in [7, 11) is 0. The highest BCUT2D eigenvalue weighted by Gasteiger charge is 2.55. The molecule has 0 aromatic carbocycles. The van der Waals surface area contributed by atoms with E-state index in [1.54, 1.807) is 12.5 Å². The van der Waals surface area contributed by atoms with Gasteiger partial charge in [-0.25, -0.2) is 0 Å². The first-order valence-corrected chi connectivity index (χ1v) is 8.69. The van der Waals surface area contributed by atoms with E-state index in [0.717, 1.165) is 31.3 Å². The minimum atomic E-state index is -0.318. The van der Waals surface area contributed by atoms with Crippen LogP contribution in [0, 0.1) is 16.7 Å². The summed E-state index contributed by atoms with van der Waals surface area (Å²) >= 11 is 0. The molecule has 2 aliphatic carbocycles. The molecule has 3 rings (SSSR count). The fraction of sp³-hybridized carbons (Fsp3) is 0.650. The fourth-order valence-corrected chi connectivity index (χ4v) is 5.00. The number of ketones is 1. The van der Waals surface area contributed by atoms with Crippen molar-refractivity contribution in [2.24, 2.45) is 16.7 Å². The number of fused-ring (bicyclic) bond motifs is 1. The first-order chi connectivity index (χ1) is 10.8. The molecular weight excluding hydrogens is 288 g/mol. The van der Waals surface area contributed by atoms with Gasteiger partial charge in [0.2, 0.25) is 0 Å². The van der Waals surface area contributed by atoms with Crippen LogP contribution < -0.4 is 0 Å². The number of carbonyl (C=O) groups excluding carboxylic acids is 1. The van der Waals surface area contributed by atoms with Gasteiger partial charge in [0.15, 0.2) is 5.78 Å². The Balaban J connectivity index is 1.95. The lowest BCUT2D eigenvalue weighted by molar-refractivity contribution is -0.129. The van der Waals surface area contributed by atoms with E-state index in [9.17, 15) is 9.90 Å². The summed E-state index contributed by atoms with van der Waals surface area (Å²) < 4.78 is 5.17. The van der Waals surface area contributed by atoms with E-state index in [0.29, 0.717) is 6.42 Å². The third-order valence-electron chi connectivity index (χ3n) is 6.66. The zero-order chi connectivity index (χ0) is 16.8. The Kier molecular flexibility index (Phi) is 4.04. The quantitative estimate of drug-likeness (QED) is 0.904. The van der Waals surface area contributed by atoms with Crippen molar-refractivity contribution in [3.8, 4) is 0 Å². The molecule has 3 heteroatoms. The Labute approximate surface area is 138 Å². The molecule has 0 saturated heterocycles. The van der Waals surface area contributed by atoms with Crippen molar-refractivity contribution in [2.75, 3.05) is 0 Å². The molecule has 3 nitrogen and oxygen atoms in total. The second-order valence-electron chi connectivity index (χ2n) is 8.21. The molecule has 126 valence electrons. The van der Waals surface area contributed by atoms with Crippen molar-refractivity contribution in [1.29, 1.82) is 0 Å². The molecule has 1 fully saturated rings. The number of furan rings is 1. The zero-order valence-electron chi connectivity index (χ0n) is 14.7. The van der Waals surface area contributed by atoms with E-state index in [1.165, 1.54) is 11.1 Å². The van der Waals surface area contributed by atoms with E-state index in [2.05, 4.69) is 20.8 Å². The van der Waals surface area contributed by atoms with Crippen LogP contribution in [0.5, 0.6) is 0 Å². The van der Waals surface area contributed by atoms with Gasteiger partial charge < -0.3 is 9.52 Å². The van der Waals surface area contributed by atoms with Crippen LogP contribution in [-0.4, -0.2) is 17.0 Å². The molecule has 1 saturated carbocycles. The lowest BCUT2D eigenvalue weighted by Gasteiger charge is -2.56. The van der Waals surface area contributed by atoms with Crippen molar-refractivity contribution in [2.45, 2.75) is 65.9 Å². The topological polar surface area (TPSA) is 50.4 Å². The average Bonchev–Trinajstić information content (AvgIpc) is 3.00. The maximum absolute atomic E-state index is 12.6. The molecule has 2 aliphatic rings. The number of aliphatic hydroxyl groups is 1. The van der Waals surface area contributed by atoms with Gasteiger partial charge >= 0.3 is 0 Å². The molecule has 23 heavy (non-hydrogen) atoms. The summed E-state index contributed by atoms with van der Waals surface area (Å²) in [5.41, 5.74) is 3.24. The van der Waals surface area contributed by atoms with Crippen molar-refractivity contribution >= 4 is 5.78 Å². The largest absolute Gasteiger partial charge is 0.472 e. The number of carbonyl (C=O) groups is 1. The van der Waals surface area contributed by atoms with E-state index >= 15 is 0 Å². The van der Waals surface area contributed by atoms with E-state index in [-0.39, 0.29) is 28.6 Å². The van der Waals surface area contributed by atoms with E-state index in [1.807, 2.05) is 13.0 Å². The van der Waals surface area contributed by atoms with Crippen LogP contribution in [0.4, 0.5) is 0 Å². The molecule has 0 amide bonds. The van der Waals surface area contributed by atoms with Crippen LogP contribution in [0.3, 0.4) is 0 Å². The van der Waals surface area contributed by atoms with E-state index < -0.39 is 0 Å². The smallest absolute Gasteiger partial charge is 0.158 e. The summed E-state index contributed by atoms with van der Waals surface area (Å²) in [6.07, 6.45) is 7.33. The van der Waals surface area contributed by atoms with Gasteiger partial charge in [-0.1, -0.05) is 26.3 Å². The second kappa shape index (κ2) is 5.62. The van der Waals surface area contributed by atoms with Gasteiger partial charge in [0, 0.05) is 6.42 Å². The molecule has 1 unspecified atom stereocenters. The first kappa shape index (κ1) is 16.5. The van der Waals surface area contributed by atoms with E-state index in [4.69, 9.17) is 4.42 Å². The lowest BCUT2D eigenvalue weighted by Crippen LogP contribution is -2.53. The number of rotatable bonds is 3. The molecule has 0 spiro atoms. The van der Waals surface area contributed by atoms with Gasteiger partial charge in [-0.15, -0.1) is 0 Å². The molecule has 0 radical (unpaired) electrons. The molecule has 1 heterocycles. The van der Waals surface area contributed by atoms with Crippen LogP contribution in [0.2, 0.25) is 0 Å². The summed E-state index contributed by atoms with van der Waals surface area (Å²) in [5, 5.41) is 10.5. The lowest BCUT2D eigenvalue weighted by atomic mass is 9.49. The highest BCUT2D eigenvalue weighted by atomic mass is 16.3. The summed E-state index contributed by atoms with van der Waals surface area (Å²) in [4.78, 5) is 12.6. The average molecular weight is 316 g/mol. The Morgan fingerprint density at radius 2 is 2.04 bits per heavy atom. The standard InChI is InChI=1S/C20H28O3/c1-13-15(6-5-14-8-10-23-12-14)20(4)9-7-18(22)19(2,3)17(20)11-16(13)21/h8,10,12,17-18,22H,5-7,9,11H2,1-4H3/t17?,18-,20-/m1/s1. The van der Waals surface area contributed by atoms with Crippen LogP contribution in [-0.2, 0) is 11.2 Å². The van der Waals surface area contributed by atoms with Gasteiger partial charge in [-0.2, -0.15) is 0 Å². The van der Waals surface area contributed by atoms with Crippen LogP contribution in [0.25, 0.3) is 0 Å². The number of allylic oxidation sites excluding steroid dienone is 2. The second-order valence-corrected chi connectivity index (χ2v) is 8.21. The minimum Gasteiger partial charge on any atom is -0.472 e. The molecule has 3 atom stereocenters. The van der Waals surface area contributed by atoms with Crippen LogP contribution >= 0.6 is 0 Å². The maximum atomic E-state index is 12.6. The van der Waals surface area contributed by atoms with Crippen molar-refractivity contribution < 1.29 is 14.3 Å². The van der Waals surface area contributed by atoms with Gasteiger partial charge in [0.1, 0.15) is 0 Å². The third kappa shape index (κ3) is 2.59. The van der Waals surface area contributed by atoms with Gasteiger partial charge in [-0.05, 0) is 66.6 Å². The number of Topliss-reactive ketones (excluding diaryl/α,β-unsaturated/α-hetero) is 1. The maximum Gasteiger partial charge on any atom is 0.158 e. The Morgan fingerprint density at radius 1 is 1.30 bits per heavy atom.